The molecule has 118 valence electrons. The van der Waals surface area contributed by atoms with Gasteiger partial charge in [0.25, 0.3) is 0 Å². The molecule has 1 aliphatic carbocycles. The van der Waals surface area contributed by atoms with E-state index >= 15 is 0 Å². The average Bonchev–Trinajstić information content (AvgIpc) is 3.27. The number of hydrogen-bond acceptors (Lipinski definition) is 3. The van der Waals surface area contributed by atoms with E-state index < -0.39 is 0 Å². The molecule has 1 aromatic heterocycles. The Labute approximate surface area is 130 Å². The number of nitrogens with one attached hydrogen (secondary N) is 1. The molecular formula is C18H31N3. The smallest absolute Gasteiger partial charge is 0.129 e. The fraction of sp³-hybridized carbons (Fsp3) is 0.722. The highest BCUT2D eigenvalue weighted by Crippen LogP contribution is 2.36. The van der Waals surface area contributed by atoms with E-state index in [1.165, 1.54) is 24.1 Å². The average molecular weight is 289 g/mol. The predicted octanol–water partition coefficient (Wildman–Crippen LogP) is 3.77. The zero-order valence-electron chi connectivity index (χ0n) is 14.5. The third-order valence-corrected chi connectivity index (χ3v) is 4.39. The minimum Gasteiger partial charge on any atom is -0.357 e. The minimum atomic E-state index is 0.142. The van der Waals surface area contributed by atoms with Crippen LogP contribution in [-0.4, -0.2) is 23.6 Å². The molecule has 1 saturated carbocycles. The molecule has 0 radical (unpaired) electrons. The standard InChI is InChI=1S/C18H31N3/c1-7-16-10-14(12-19-18(3,4)5)11-17(20-16)21(6)13(2)15-8-9-15/h10-11,13,15,19H,7-9,12H2,1-6H3. The van der Waals surface area contributed by atoms with Crippen LogP contribution in [0.15, 0.2) is 12.1 Å². The molecule has 0 aliphatic heterocycles. The van der Waals surface area contributed by atoms with Crippen molar-refractivity contribution in [3.8, 4) is 0 Å². The van der Waals surface area contributed by atoms with E-state index in [1.807, 2.05) is 0 Å². The van der Waals surface area contributed by atoms with Crippen LogP contribution in [0.1, 0.15) is 58.7 Å². The van der Waals surface area contributed by atoms with Crippen molar-refractivity contribution in [2.45, 2.75) is 72.0 Å². The molecule has 3 nitrogen and oxygen atoms in total. The Morgan fingerprint density at radius 2 is 2.00 bits per heavy atom. The quantitative estimate of drug-likeness (QED) is 0.864. The molecule has 0 amide bonds. The van der Waals surface area contributed by atoms with Crippen LogP contribution in [0.25, 0.3) is 0 Å². The summed E-state index contributed by atoms with van der Waals surface area (Å²) < 4.78 is 0. The summed E-state index contributed by atoms with van der Waals surface area (Å²) in [6.07, 6.45) is 3.73. The summed E-state index contributed by atoms with van der Waals surface area (Å²) in [5, 5.41) is 3.57. The van der Waals surface area contributed by atoms with Crippen molar-refractivity contribution < 1.29 is 0 Å². The van der Waals surface area contributed by atoms with E-state index in [2.05, 4.69) is 64.0 Å². The third-order valence-electron chi connectivity index (χ3n) is 4.39. The highest BCUT2D eigenvalue weighted by molar-refractivity contribution is 5.43. The van der Waals surface area contributed by atoms with Crippen LogP contribution in [0.4, 0.5) is 5.82 Å². The summed E-state index contributed by atoms with van der Waals surface area (Å²) in [6, 6.07) is 5.07. The second-order valence-electron chi connectivity index (χ2n) is 7.47. The van der Waals surface area contributed by atoms with Crippen molar-refractivity contribution in [1.82, 2.24) is 10.3 Å². The van der Waals surface area contributed by atoms with E-state index in [4.69, 9.17) is 4.98 Å². The van der Waals surface area contributed by atoms with Crippen LogP contribution in [0.2, 0.25) is 0 Å². The van der Waals surface area contributed by atoms with Gasteiger partial charge in [0.05, 0.1) is 0 Å². The lowest BCUT2D eigenvalue weighted by molar-refractivity contribution is 0.424. The van der Waals surface area contributed by atoms with Gasteiger partial charge in [-0.15, -0.1) is 0 Å². The van der Waals surface area contributed by atoms with Crippen molar-refractivity contribution in [2.75, 3.05) is 11.9 Å². The van der Waals surface area contributed by atoms with E-state index in [1.54, 1.807) is 0 Å². The zero-order chi connectivity index (χ0) is 15.6. The van der Waals surface area contributed by atoms with Crippen LogP contribution >= 0.6 is 0 Å². The summed E-state index contributed by atoms with van der Waals surface area (Å²) in [5.74, 6) is 1.98. The zero-order valence-corrected chi connectivity index (χ0v) is 14.5. The predicted molar refractivity (Wildman–Crippen MR) is 90.8 cm³/mol. The monoisotopic (exact) mass is 289 g/mol. The van der Waals surface area contributed by atoms with Crippen molar-refractivity contribution >= 4 is 5.82 Å². The summed E-state index contributed by atoms with van der Waals surface area (Å²) in [7, 11) is 2.19. The van der Waals surface area contributed by atoms with E-state index in [0.29, 0.717) is 6.04 Å². The molecule has 3 heteroatoms. The number of aryl methyl sites for hydroxylation is 1. The number of rotatable bonds is 6. The lowest BCUT2D eigenvalue weighted by Crippen LogP contribution is -2.35. The topological polar surface area (TPSA) is 28.2 Å². The van der Waals surface area contributed by atoms with Gasteiger partial charge in [0.2, 0.25) is 0 Å². The molecule has 0 aromatic carbocycles. The molecule has 0 spiro atoms. The Bertz CT molecular complexity index is 472. The van der Waals surface area contributed by atoms with Crippen molar-refractivity contribution in [2.24, 2.45) is 5.92 Å². The highest BCUT2D eigenvalue weighted by Gasteiger charge is 2.31. The van der Waals surface area contributed by atoms with Gasteiger partial charge in [0.15, 0.2) is 0 Å². The van der Waals surface area contributed by atoms with Gasteiger partial charge in [-0.05, 0) is 70.6 Å². The summed E-state index contributed by atoms with van der Waals surface area (Å²) in [6.45, 7) is 12.0. The van der Waals surface area contributed by atoms with E-state index in [0.717, 1.165) is 24.7 Å². The van der Waals surface area contributed by atoms with Gasteiger partial charge in [0.1, 0.15) is 5.82 Å². The lowest BCUT2D eigenvalue weighted by atomic mass is 10.1. The van der Waals surface area contributed by atoms with Crippen LogP contribution in [0.5, 0.6) is 0 Å². The van der Waals surface area contributed by atoms with Crippen LogP contribution < -0.4 is 10.2 Å². The maximum absolute atomic E-state index is 4.83. The molecule has 0 bridgehead atoms. The molecule has 1 aliphatic rings. The van der Waals surface area contributed by atoms with Gasteiger partial charge in [-0.2, -0.15) is 0 Å². The largest absolute Gasteiger partial charge is 0.357 e. The maximum atomic E-state index is 4.83. The second kappa shape index (κ2) is 6.35. The summed E-state index contributed by atoms with van der Waals surface area (Å²) >= 11 is 0. The Morgan fingerprint density at radius 3 is 2.52 bits per heavy atom. The first-order valence-corrected chi connectivity index (χ1v) is 8.28. The van der Waals surface area contributed by atoms with Crippen molar-refractivity contribution in [3.63, 3.8) is 0 Å². The Morgan fingerprint density at radius 1 is 1.33 bits per heavy atom. The first-order valence-electron chi connectivity index (χ1n) is 8.28. The Balaban J connectivity index is 2.16. The normalized spacial score (nSPS) is 16.9. The summed E-state index contributed by atoms with van der Waals surface area (Å²) in [4.78, 5) is 7.18. The molecular weight excluding hydrogens is 258 g/mol. The lowest BCUT2D eigenvalue weighted by Gasteiger charge is -2.27. The third kappa shape index (κ3) is 4.70. The molecule has 21 heavy (non-hydrogen) atoms. The fourth-order valence-electron chi connectivity index (χ4n) is 2.57. The van der Waals surface area contributed by atoms with Crippen LogP contribution in [0, 0.1) is 5.92 Å². The van der Waals surface area contributed by atoms with Gasteiger partial charge in [-0.25, -0.2) is 4.98 Å². The maximum Gasteiger partial charge on any atom is 0.129 e. The number of hydrogen-bond donors (Lipinski definition) is 1. The molecule has 1 aromatic rings. The molecule has 1 fully saturated rings. The number of pyridine rings is 1. The molecule has 0 saturated heterocycles. The number of aromatic nitrogens is 1. The highest BCUT2D eigenvalue weighted by atomic mass is 15.2. The van der Waals surface area contributed by atoms with Gasteiger partial charge >= 0.3 is 0 Å². The SMILES string of the molecule is CCc1cc(CNC(C)(C)C)cc(N(C)C(C)C2CC2)n1. The Kier molecular flexibility index (Phi) is 4.92. The summed E-state index contributed by atoms with van der Waals surface area (Å²) in [5.41, 5.74) is 2.66. The van der Waals surface area contributed by atoms with Gasteiger partial charge in [-0.3, -0.25) is 0 Å². The number of nitrogens with zero attached hydrogens (tertiary/aromatic N) is 2. The first-order chi connectivity index (χ1) is 9.80. The Hall–Kier alpha value is -1.09. The fourth-order valence-corrected chi connectivity index (χ4v) is 2.57. The van der Waals surface area contributed by atoms with E-state index in [-0.39, 0.29) is 5.54 Å². The minimum absolute atomic E-state index is 0.142. The van der Waals surface area contributed by atoms with Gasteiger partial charge < -0.3 is 10.2 Å². The second-order valence-corrected chi connectivity index (χ2v) is 7.47. The van der Waals surface area contributed by atoms with Crippen molar-refractivity contribution in [3.05, 3.63) is 23.4 Å². The van der Waals surface area contributed by atoms with Crippen LogP contribution in [0.3, 0.4) is 0 Å². The van der Waals surface area contributed by atoms with Gasteiger partial charge in [0, 0.05) is 30.9 Å². The molecule has 2 rings (SSSR count). The van der Waals surface area contributed by atoms with Crippen molar-refractivity contribution in [1.29, 1.82) is 0 Å². The number of anilines is 1. The molecule has 1 atom stereocenters. The van der Waals surface area contributed by atoms with Gasteiger partial charge in [-0.1, -0.05) is 6.92 Å². The van der Waals surface area contributed by atoms with E-state index in [9.17, 15) is 0 Å². The first kappa shape index (κ1) is 16.3. The van der Waals surface area contributed by atoms with Crippen LogP contribution in [-0.2, 0) is 13.0 Å². The molecule has 1 unspecified atom stereocenters. The molecule has 1 heterocycles. The molecule has 1 N–H and O–H groups in total.